The summed E-state index contributed by atoms with van der Waals surface area (Å²) in [5, 5.41) is 6.06. The van der Waals surface area contributed by atoms with E-state index in [0.29, 0.717) is 0 Å². The predicted molar refractivity (Wildman–Crippen MR) is 78.2 cm³/mol. The van der Waals surface area contributed by atoms with E-state index in [1.54, 1.807) is 11.3 Å². The molecule has 1 heterocycles. The second-order valence-electron chi connectivity index (χ2n) is 5.71. The lowest BCUT2D eigenvalue weighted by molar-refractivity contribution is 0.0912. The van der Waals surface area contributed by atoms with Gasteiger partial charge in [-0.15, -0.1) is 11.3 Å². The topological polar surface area (TPSA) is 29.1 Å². The van der Waals surface area contributed by atoms with Crippen LogP contribution in [0.2, 0.25) is 0 Å². The van der Waals surface area contributed by atoms with E-state index in [0.717, 1.165) is 15.6 Å². The van der Waals surface area contributed by atoms with Gasteiger partial charge in [0.2, 0.25) is 0 Å². The minimum atomic E-state index is 0.0230. The fraction of sp³-hybridized carbons (Fsp3) is 0.400. The zero-order chi connectivity index (χ0) is 13.3. The van der Waals surface area contributed by atoms with E-state index in [4.69, 9.17) is 0 Å². The standard InChI is InChI=1S/C15H19NOS/c1-10(15(2,3)4)16-14(17)12-9-18-13-8-6-5-7-11(12)13/h5-10H,1-4H3,(H,16,17). The van der Waals surface area contributed by atoms with E-state index >= 15 is 0 Å². The third-order valence-electron chi connectivity index (χ3n) is 3.37. The van der Waals surface area contributed by atoms with E-state index in [-0.39, 0.29) is 17.4 Å². The lowest BCUT2D eigenvalue weighted by atomic mass is 9.88. The largest absolute Gasteiger partial charge is 0.349 e. The van der Waals surface area contributed by atoms with Gasteiger partial charge < -0.3 is 5.32 Å². The van der Waals surface area contributed by atoms with Crippen molar-refractivity contribution in [1.29, 1.82) is 0 Å². The Labute approximate surface area is 112 Å². The summed E-state index contributed by atoms with van der Waals surface area (Å²) in [4.78, 5) is 12.3. The van der Waals surface area contributed by atoms with Crippen LogP contribution in [-0.4, -0.2) is 11.9 Å². The van der Waals surface area contributed by atoms with Crippen LogP contribution < -0.4 is 5.32 Å². The molecule has 2 aromatic rings. The molecule has 0 bridgehead atoms. The van der Waals surface area contributed by atoms with Crippen molar-refractivity contribution in [3.63, 3.8) is 0 Å². The number of hydrogen-bond acceptors (Lipinski definition) is 2. The normalized spacial score (nSPS) is 13.6. The lowest BCUT2D eigenvalue weighted by Crippen LogP contribution is -2.41. The molecular weight excluding hydrogens is 242 g/mol. The number of nitrogens with one attached hydrogen (secondary N) is 1. The Balaban J connectivity index is 2.24. The van der Waals surface area contributed by atoms with Gasteiger partial charge in [-0.1, -0.05) is 39.0 Å². The molecule has 0 saturated heterocycles. The zero-order valence-electron chi connectivity index (χ0n) is 11.3. The van der Waals surface area contributed by atoms with Crippen molar-refractivity contribution >= 4 is 27.3 Å². The number of thiophene rings is 1. The van der Waals surface area contributed by atoms with E-state index in [2.05, 4.69) is 26.1 Å². The van der Waals surface area contributed by atoms with Crippen LogP contribution in [0.3, 0.4) is 0 Å². The minimum Gasteiger partial charge on any atom is -0.349 e. The van der Waals surface area contributed by atoms with Gasteiger partial charge in [-0.3, -0.25) is 4.79 Å². The highest BCUT2D eigenvalue weighted by Gasteiger charge is 2.23. The number of carbonyl (C=O) groups excluding carboxylic acids is 1. The molecule has 0 spiro atoms. The highest BCUT2D eigenvalue weighted by Crippen LogP contribution is 2.26. The second kappa shape index (κ2) is 4.73. The van der Waals surface area contributed by atoms with Crippen molar-refractivity contribution in [2.75, 3.05) is 0 Å². The average Bonchev–Trinajstić information content (AvgIpc) is 2.71. The van der Waals surface area contributed by atoms with Gasteiger partial charge in [0.1, 0.15) is 0 Å². The van der Waals surface area contributed by atoms with Crippen molar-refractivity contribution in [3.8, 4) is 0 Å². The predicted octanol–water partition coefficient (Wildman–Crippen LogP) is 4.07. The Morgan fingerprint density at radius 1 is 1.28 bits per heavy atom. The van der Waals surface area contributed by atoms with Crippen LogP contribution >= 0.6 is 11.3 Å². The molecule has 1 atom stereocenters. The van der Waals surface area contributed by atoms with Crippen LogP contribution in [-0.2, 0) is 0 Å². The number of fused-ring (bicyclic) bond motifs is 1. The molecule has 0 aliphatic carbocycles. The highest BCUT2D eigenvalue weighted by molar-refractivity contribution is 7.17. The van der Waals surface area contributed by atoms with E-state index in [1.807, 2.05) is 36.6 Å². The summed E-state index contributed by atoms with van der Waals surface area (Å²) in [5.74, 6) is 0.0230. The van der Waals surface area contributed by atoms with Crippen LogP contribution in [0.15, 0.2) is 29.6 Å². The molecule has 18 heavy (non-hydrogen) atoms. The first-order valence-electron chi connectivity index (χ1n) is 6.16. The van der Waals surface area contributed by atoms with Gasteiger partial charge >= 0.3 is 0 Å². The Kier molecular flexibility index (Phi) is 3.44. The maximum atomic E-state index is 12.3. The number of carbonyl (C=O) groups is 1. The molecule has 2 nitrogen and oxygen atoms in total. The minimum absolute atomic E-state index is 0.0230. The van der Waals surface area contributed by atoms with Crippen LogP contribution in [0.1, 0.15) is 38.1 Å². The van der Waals surface area contributed by atoms with Gasteiger partial charge in [0.25, 0.3) is 5.91 Å². The lowest BCUT2D eigenvalue weighted by Gasteiger charge is -2.28. The van der Waals surface area contributed by atoms with Crippen molar-refractivity contribution in [2.24, 2.45) is 5.41 Å². The van der Waals surface area contributed by atoms with Crippen molar-refractivity contribution < 1.29 is 4.79 Å². The number of rotatable bonds is 2. The summed E-state index contributed by atoms with van der Waals surface area (Å²) < 4.78 is 1.16. The maximum Gasteiger partial charge on any atom is 0.252 e. The Bertz CT molecular complexity index is 565. The second-order valence-corrected chi connectivity index (χ2v) is 6.62. The molecule has 0 aliphatic heterocycles. The molecule has 1 aromatic carbocycles. The molecule has 3 heteroatoms. The molecule has 0 aliphatic rings. The number of hydrogen-bond donors (Lipinski definition) is 1. The fourth-order valence-corrected chi connectivity index (χ4v) is 2.59. The van der Waals surface area contributed by atoms with Crippen molar-refractivity contribution in [1.82, 2.24) is 5.32 Å². The van der Waals surface area contributed by atoms with Crippen LogP contribution in [0.4, 0.5) is 0 Å². The van der Waals surface area contributed by atoms with Crippen LogP contribution in [0, 0.1) is 5.41 Å². The van der Waals surface area contributed by atoms with Gasteiger partial charge in [0, 0.05) is 21.5 Å². The summed E-state index contributed by atoms with van der Waals surface area (Å²) in [6, 6.07) is 8.16. The molecule has 1 amide bonds. The van der Waals surface area contributed by atoms with E-state index < -0.39 is 0 Å². The molecule has 0 fully saturated rings. The maximum absolute atomic E-state index is 12.3. The molecule has 1 N–H and O–H groups in total. The number of amides is 1. The third kappa shape index (κ3) is 2.56. The Hall–Kier alpha value is -1.35. The van der Waals surface area contributed by atoms with E-state index in [9.17, 15) is 4.79 Å². The summed E-state index contributed by atoms with van der Waals surface area (Å²) in [7, 11) is 0. The monoisotopic (exact) mass is 261 g/mol. The fourth-order valence-electron chi connectivity index (χ4n) is 1.64. The van der Waals surface area contributed by atoms with Crippen LogP contribution in [0.5, 0.6) is 0 Å². The smallest absolute Gasteiger partial charge is 0.252 e. The average molecular weight is 261 g/mol. The van der Waals surface area contributed by atoms with Gasteiger partial charge in [-0.2, -0.15) is 0 Å². The van der Waals surface area contributed by atoms with Gasteiger partial charge in [-0.25, -0.2) is 0 Å². The van der Waals surface area contributed by atoms with Gasteiger partial charge in [0.05, 0.1) is 5.56 Å². The first-order chi connectivity index (χ1) is 8.39. The molecule has 0 saturated carbocycles. The van der Waals surface area contributed by atoms with E-state index in [1.165, 1.54) is 0 Å². The van der Waals surface area contributed by atoms with Gasteiger partial charge in [0.15, 0.2) is 0 Å². The summed E-state index contributed by atoms with van der Waals surface area (Å²) >= 11 is 1.62. The SMILES string of the molecule is CC(NC(=O)c1csc2ccccc12)C(C)(C)C. The van der Waals surface area contributed by atoms with Gasteiger partial charge in [-0.05, 0) is 18.4 Å². The van der Waals surface area contributed by atoms with Crippen molar-refractivity contribution in [3.05, 3.63) is 35.2 Å². The molecule has 96 valence electrons. The quantitative estimate of drug-likeness (QED) is 0.867. The Morgan fingerprint density at radius 3 is 2.61 bits per heavy atom. The number of benzene rings is 1. The Morgan fingerprint density at radius 2 is 1.94 bits per heavy atom. The molecule has 2 rings (SSSR count). The molecule has 0 radical (unpaired) electrons. The van der Waals surface area contributed by atoms with Crippen LogP contribution in [0.25, 0.3) is 10.1 Å². The van der Waals surface area contributed by atoms with Crippen molar-refractivity contribution in [2.45, 2.75) is 33.7 Å². The summed E-state index contributed by atoms with van der Waals surface area (Å²) in [5.41, 5.74) is 0.855. The summed E-state index contributed by atoms with van der Waals surface area (Å²) in [6.45, 7) is 8.43. The molecule has 1 unspecified atom stereocenters. The first kappa shape index (κ1) is 13.1. The summed E-state index contributed by atoms with van der Waals surface area (Å²) in [6.07, 6.45) is 0. The molecule has 1 aromatic heterocycles. The molecular formula is C15H19NOS. The third-order valence-corrected chi connectivity index (χ3v) is 4.34. The zero-order valence-corrected chi connectivity index (χ0v) is 12.1. The highest BCUT2D eigenvalue weighted by atomic mass is 32.1. The first-order valence-corrected chi connectivity index (χ1v) is 7.04.